The van der Waals surface area contributed by atoms with Gasteiger partial charge < -0.3 is 0 Å². The molecule has 33 heavy (non-hydrogen) atoms. The van der Waals surface area contributed by atoms with Gasteiger partial charge in [-0.3, -0.25) is 14.5 Å². The lowest BCUT2D eigenvalue weighted by molar-refractivity contribution is -0.127. The van der Waals surface area contributed by atoms with Gasteiger partial charge in [0.2, 0.25) is 5.91 Å². The highest BCUT2D eigenvalue weighted by Crippen LogP contribution is 2.40. The lowest BCUT2D eigenvalue weighted by Gasteiger charge is -2.22. The van der Waals surface area contributed by atoms with Crippen molar-refractivity contribution in [3.8, 4) is 11.1 Å². The molecule has 3 heterocycles. The number of rotatable bonds is 4. The smallest absolute Gasteiger partial charge is 0.260 e. The molecule has 5 rings (SSSR count). The van der Waals surface area contributed by atoms with E-state index in [4.69, 9.17) is 11.6 Å². The number of halogens is 1. The molecule has 1 atom stereocenters. The standard InChI is InChI=1S/C25H20ClN3O2S2/c26-18-11-9-16(10-12-18)19-14-32-22-21(19)23(28-15-27-22)33-20-8-4-5-13-29(25(20)31)24(30)17-6-2-1-3-7-17/h1-3,6-7,9-12,14-15,20H,4-5,8,13H2. The molecular weight excluding hydrogens is 474 g/mol. The third-order valence-electron chi connectivity index (χ3n) is 5.65. The Morgan fingerprint density at radius 2 is 1.85 bits per heavy atom. The van der Waals surface area contributed by atoms with Crippen molar-refractivity contribution in [2.75, 3.05) is 6.54 Å². The zero-order valence-corrected chi connectivity index (χ0v) is 20.0. The fourth-order valence-electron chi connectivity index (χ4n) is 3.97. The number of benzene rings is 2. The van der Waals surface area contributed by atoms with Gasteiger partial charge in [-0.15, -0.1) is 11.3 Å². The highest BCUT2D eigenvalue weighted by molar-refractivity contribution is 8.00. The summed E-state index contributed by atoms with van der Waals surface area (Å²) in [5.74, 6) is -0.389. The van der Waals surface area contributed by atoms with Crippen molar-refractivity contribution in [1.82, 2.24) is 14.9 Å². The van der Waals surface area contributed by atoms with E-state index < -0.39 is 0 Å². The molecule has 0 aliphatic carbocycles. The van der Waals surface area contributed by atoms with Crippen LogP contribution in [0.25, 0.3) is 21.3 Å². The molecule has 5 nitrogen and oxygen atoms in total. The van der Waals surface area contributed by atoms with Gasteiger partial charge in [-0.25, -0.2) is 9.97 Å². The Morgan fingerprint density at radius 3 is 2.64 bits per heavy atom. The topological polar surface area (TPSA) is 63.2 Å². The summed E-state index contributed by atoms with van der Waals surface area (Å²) in [5.41, 5.74) is 2.58. The second-order valence-electron chi connectivity index (χ2n) is 7.78. The van der Waals surface area contributed by atoms with Crippen molar-refractivity contribution in [2.24, 2.45) is 0 Å². The SMILES string of the molecule is O=C(c1ccccc1)N1CCCCC(Sc2ncnc3scc(-c4ccc(Cl)cc4)c23)C1=O. The van der Waals surface area contributed by atoms with Gasteiger partial charge in [0.1, 0.15) is 16.2 Å². The number of carbonyl (C=O) groups is 2. The summed E-state index contributed by atoms with van der Waals surface area (Å²) in [6.45, 7) is 0.442. The van der Waals surface area contributed by atoms with Gasteiger partial charge in [-0.05, 0) is 42.7 Å². The van der Waals surface area contributed by atoms with E-state index in [9.17, 15) is 9.59 Å². The van der Waals surface area contributed by atoms with Crippen molar-refractivity contribution < 1.29 is 9.59 Å². The molecule has 0 bridgehead atoms. The van der Waals surface area contributed by atoms with Crippen molar-refractivity contribution in [3.63, 3.8) is 0 Å². The molecule has 1 aliphatic rings. The first-order valence-electron chi connectivity index (χ1n) is 10.7. The largest absolute Gasteiger partial charge is 0.278 e. The summed E-state index contributed by atoms with van der Waals surface area (Å²) < 4.78 is 0. The predicted octanol–water partition coefficient (Wildman–Crippen LogP) is 6.33. The highest BCUT2D eigenvalue weighted by Gasteiger charge is 2.33. The fourth-order valence-corrected chi connectivity index (χ4v) is 6.29. The molecule has 1 saturated heterocycles. The molecule has 2 aromatic carbocycles. The molecule has 1 aliphatic heterocycles. The van der Waals surface area contributed by atoms with Gasteiger partial charge in [-0.2, -0.15) is 0 Å². The summed E-state index contributed by atoms with van der Waals surface area (Å²) >= 11 is 9.05. The van der Waals surface area contributed by atoms with Crippen LogP contribution >= 0.6 is 34.7 Å². The second kappa shape index (κ2) is 9.63. The zero-order chi connectivity index (χ0) is 22.8. The Hall–Kier alpha value is -2.74. The van der Waals surface area contributed by atoms with Crippen LogP contribution in [0.3, 0.4) is 0 Å². The first kappa shape index (κ1) is 22.1. The van der Waals surface area contributed by atoms with E-state index in [-0.39, 0.29) is 17.1 Å². The summed E-state index contributed by atoms with van der Waals surface area (Å²) in [4.78, 5) is 37.8. The number of likely N-dealkylation sites (tertiary alicyclic amines) is 1. The van der Waals surface area contributed by atoms with Gasteiger partial charge in [0.15, 0.2) is 0 Å². The number of hydrogen-bond acceptors (Lipinski definition) is 6. The molecule has 1 unspecified atom stereocenters. The van der Waals surface area contributed by atoms with E-state index in [1.165, 1.54) is 16.7 Å². The van der Waals surface area contributed by atoms with Crippen LogP contribution in [0.2, 0.25) is 5.02 Å². The van der Waals surface area contributed by atoms with Gasteiger partial charge in [0.25, 0.3) is 5.91 Å². The number of aromatic nitrogens is 2. The maximum atomic E-state index is 13.5. The maximum absolute atomic E-state index is 13.5. The number of imide groups is 1. The minimum atomic E-state index is -0.378. The number of nitrogens with zero attached hydrogens (tertiary/aromatic N) is 3. The molecule has 166 valence electrons. The van der Waals surface area contributed by atoms with Gasteiger partial charge in [-0.1, -0.05) is 60.1 Å². The van der Waals surface area contributed by atoms with Crippen LogP contribution in [0.1, 0.15) is 29.6 Å². The van der Waals surface area contributed by atoms with E-state index in [1.807, 2.05) is 42.5 Å². The van der Waals surface area contributed by atoms with E-state index in [1.54, 1.807) is 29.8 Å². The Balaban J connectivity index is 1.47. The number of carbonyl (C=O) groups excluding carboxylic acids is 2. The Kier molecular flexibility index (Phi) is 6.44. The van der Waals surface area contributed by atoms with Gasteiger partial charge >= 0.3 is 0 Å². The monoisotopic (exact) mass is 493 g/mol. The lowest BCUT2D eigenvalue weighted by atomic mass is 10.1. The second-order valence-corrected chi connectivity index (χ2v) is 10.3. The van der Waals surface area contributed by atoms with E-state index in [0.29, 0.717) is 23.6 Å². The van der Waals surface area contributed by atoms with Crippen LogP contribution in [0.4, 0.5) is 0 Å². The molecule has 0 saturated carbocycles. The Morgan fingerprint density at radius 1 is 1.06 bits per heavy atom. The quantitative estimate of drug-likeness (QED) is 0.245. The fraction of sp³-hybridized carbons (Fsp3) is 0.200. The molecule has 1 fully saturated rings. The first-order valence-corrected chi connectivity index (χ1v) is 12.8. The molecule has 2 amide bonds. The summed E-state index contributed by atoms with van der Waals surface area (Å²) in [7, 11) is 0. The molecular formula is C25H20ClN3O2S2. The number of fused-ring (bicyclic) bond motifs is 1. The molecule has 0 radical (unpaired) electrons. The van der Waals surface area contributed by atoms with Crippen LogP contribution in [-0.2, 0) is 4.79 Å². The summed E-state index contributed by atoms with van der Waals surface area (Å²) in [6, 6.07) is 16.7. The van der Waals surface area contributed by atoms with Gasteiger partial charge in [0.05, 0.1) is 10.6 Å². The average Bonchev–Trinajstić information content (AvgIpc) is 3.20. The van der Waals surface area contributed by atoms with Crippen LogP contribution in [0.15, 0.2) is 71.3 Å². The lowest BCUT2D eigenvalue weighted by Crippen LogP contribution is -2.41. The molecule has 0 N–H and O–H groups in total. The normalized spacial score (nSPS) is 16.7. The number of amides is 2. The molecule has 8 heteroatoms. The first-order chi connectivity index (χ1) is 16.1. The third-order valence-corrected chi connectivity index (χ3v) is 8.04. The van der Waals surface area contributed by atoms with Crippen LogP contribution in [-0.4, -0.2) is 38.5 Å². The van der Waals surface area contributed by atoms with E-state index in [2.05, 4.69) is 15.3 Å². The van der Waals surface area contributed by atoms with Crippen molar-refractivity contribution in [1.29, 1.82) is 0 Å². The van der Waals surface area contributed by atoms with Crippen molar-refractivity contribution in [2.45, 2.75) is 29.5 Å². The number of thioether (sulfide) groups is 1. The molecule has 4 aromatic rings. The maximum Gasteiger partial charge on any atom is 0.260 e. The third kappa shape index (κ3) is 4.53. The highest BCUT2D eigenvalue weighted by atomic mass is 35.5. The van der Waals surface area contributed by atoms with Crippen LogP contribution < -0.4 is 0 Å². The van der Waals surface area contributed by atoms with Gasteiger partial charge in [0, 0.05) is 28.1 Å². The summed E-state index contributed by atoms with van der Waals surface area (Å²) in [5, 5.41) is 4.06. The predicted molar refractivity (Wildman–Crippen MR) is 134 cm³/mol. The van der Waals surface area contributed by atoms with E-state index in [0.717, 1.165) is 39.2 Å². The average molecular weight is 494 g/mol. The Labute approximate surface area is 204 Å². The van der Waals surface area contributed by atoms with Crippen LogP contribution in [0.5, 0.6) is 0 Å². The molecule has 2 aromatic heterocycles. The van der Waals surface area contributed by atoms with Crippen molar-refractivity contribution >= 4 is 56.7 Å². The van der Waals surface area contributed by atoms with Crippen molar-refractivity contribution in [3.05, 3.63) is 76.9 Å². The Bertz CT molecular complexity index is 1310. The van der Waals surface area contributed by atoms with Crippen LogP contribution in [0, 0.1) is 0 Å². The minimum Gasteiger partial charge on any atom is -0.278 e. The number of thiophene rings is 1. The minimum absolute atomic E-state index is 0.151. The van der Waals surface area contributed by atoms with E-state index >= 15 is 0 Å². The number of hydrogen-bond donors (Lipinski definition) is 0. The molecule has 0 spiro atoms. The summed E-state index contributed by atoms with van der Waals surface area (Å²) in [6.07, 6.45) is 3.92. The zero-order valence-electron chi connectivity index (χ0n) is 17.6.